The predicted octanol–water partition coefficient (Wildman–Crippen LogP) is 6.93. The van der Waals surface area contributed by atoms with Gasteiger partial charge in [0.05, 0.1) is 50.7 Å². The number of para-hydroxylation sites is 1. The molecule has 4 aromatic rings. The Morgan fingerprint density at radius 3 is 2.02 bits per heavy atom. The van der Waals surface area contributed by atoms with Crippen molar-refractivity contribution in [3.63, 3.8) is 0 Å². The van der Waals surface area contributed by atoms with Crippen LogP contribution in [0.4, 0.5) is 5.69 Å². The van der Waals surface area contributed by atoms with E-state index in [-0.39, 0.29) is 29.2 Å². The quantitative estimate of drug-likeness (QED) is 0.114. The van der Waals surface area contributed by atoms with E-state index in [0.717, 1.165) is 29.9 Å². The van der Waals surface area contributed by atoms with Gasteiger partial charge in [-0.15, -0.1) is 0 Å². The molecule has 1 amide bonds. The Balaban J connectivity index is 1.36. The summed E-state index contributed by atoms with van der Waals surface area (Å²) in [6.07, 6.45) is 1.73. The zero-order chi connectivity index (χ0) is 32.0. The Morgan fingerprint density at radius 2 is 1.31 bits per heavy atom. The van der Waals surface area contributed by atoms with E-state index in [1.54, 1.807) is 30.3 Å². The summed E-state index contributed by atoms with van der Waals surface area (Å²) >= 11 is 0. The number of carbonyl (C=O) groups is 3. The van der Waals surface area contributed by atoms with Gasteiger partial charge in [-0.1, -0.05) is 43.3 Å². The lowest BCUT2D eigenvalue weighted by molar-refractivity contribution is 0.0591. The normalized spacial score (nSPS) is 11.2. The van der Waals surface area contributed by atoms with Crippen molar-refractivity contribution in [2.75, 3.05) is 39.4 Å². The number of methoxy groups -OCH3 is 2. The van der Waals surface area contributed by atoms with Gasteiger partial charge in [0, 0.05) is 11.6 Å². The minimum atomic E-state index is -0.586. The van der Waals surface area contributed by atoms with Crippen LogP contribution in [0.25, 0.3) is 0 Å². The molecule has 0 aromatic heterocycles. The number of nitrogens with one attached hydrogen (secondary N) is 1. The maximum Gasteiger partial charge on any atom is 0.337 e. The monoisotopic (exact) mass is 611 g/mol. The van der Waals surface area contributed by atoms with Gasteiger partial charge in [0.15, 0.2) is 0 Å². The van der Waals surface area contributed by atoms with Crippen molar-refractivity contribution < 1.29 is 38.1 Å². The minimum absolute atomic E-state index is 0.0410. The number of ether oxygens (including phenoxy) is 5. The largest absolute Gasteiger partial charge is 0.494 e. The number of carbonyl (C=O) groups excluding carboxylic acids is 3. The first kappa shape index (κ1) is 32.6. The SMILES string of the molecule is COC(=O)c1cccc(NC(=O)c2cc(C(=O)OC)ccc2OCC(C)c2cccc(OCCCCOc3ccccc3)c2)c1. The van der Waals surface area contributed by atoms with E-state index in [1.165, 1.54) is 26.4 Å². The molecule has 4 rings (SSSR count). The zero-order valence-electron chi connectivity index (χ0n) is 25.6. The van der Waals surface area contributed by atoms with Crippen molar-refractivity contribution in [3.05, 3.63) is 119 Å². The van der Waals surface area contributed by atoms with Gasteiger partial charge in [0.25, 0.3) is 5.91 Å². The van der Waals surface area contributed by atoms with E-state index < -0.39 is 17.8 Å². The second-order valence-electron chi connectivity index (χ2n) is 10.2. The molecule has 0 spiro atoms. The van der Waals surface area contributed by atoms with Crippen LogP contribution in [0.5, 0.6) is 17.2 Å². The molecule has 1 N–H and O–H groups in total. The summed E-state index contributed by atoms with van der Waals surface area (Å²) in [5.41, 5.74) is 2.01. The van der Waals surface area contributed by atoms with Gasteiger partial charge in [0.1, 0.15) is 17.2 Å². The third-order valence-corrected chi connectivity index (χ3v) is 6.92. The summed E-state index contributed by atoms with van der Waals surface area (Å²) in [6.45, 7) is 3.47. The van der Waals surface area contributed by atoms with Crippen molar-refractivity contribution in [2.24, 2.45) is 0 Å². The molecule has 0 aliphatic carbocycles. The maximum absolute atomic E-state index is 13.4. The van der Waals surface area contributed by atoms with Crippen LogP contribution in [0.3, 0.4) is 0 Å². The molecule has 0 bridgehead atoms. The Bertz CT molecular complexity index is 1590. The summed E-state index contributed by atoms with van der Waals surface area (Å²) in [5, 5.41) is 2.77. The van der Waals surface area contributed by atoms with Gasteiger partial charge >= 0.3 is 11.9 Å². The fourth-order valence-electron chi connectivity index (χ4n) is 4.44. The van der Waals surface area contributed by atoms with Crippen LogP contribution in [-0.2, 0) is 9.47 Å². The highest BCUT2D eigenvalue weighted by molar-refractivity contribution is 6.08. The lowest BCUT2D eigenvalue weighted by Crippen LogP contribution is -2.17. The Kier molecular flexibility index (Phi) is 12.0. The first-order valence-electron chi connectivity index (χ1n) is 14.6. The first-order chi connectivity index (χ1) is 21.9. The summed E-state index contributed by atoms with van der Waals surface area (Å²) in [7, 11) is 2.55. The highest BCUT2D eigenvalue weighted by atomic mass is 16.5. The van der Waals surface area contributed by atoms with E-state index in [9.17, 15) is 14.4 Å². The van der Waals surface area contributed by atoms with Gasteiger partial charge in [-0.25, -0.2) is 9.59 Å². The lowest BCUT2D eigenvalue weighted by atomic mass is 10.0. The molecule has 0 fully saturated rings. The van der Waals surface area contributed by atoms with Gasteiger partial charge in [0.2, 0.25) is 0 Å². The standard InChI is InChI=1S/C36H37NO8/c1-25(26-11-10-16-31(22-26)44-20-8-7-19-43-30-14-5-4-6-15-30)24-45-33-18-17-28(36(40)42-3)23-32(33)34(38)37-29-13-9-12-27(21-29)35(39)41-2/h4-6,9-18,21-23,25H,7-8,19-20,24H2,1-3H3,(H,37,38). The summed E-state index contributed by atoms with van der Waals surface area (Å²) in [5.74, 6) is 0.244. The Morgan fingerprint density at radius 1 is 0.667 bits per heavy atom. The van der Waals surface area contributed by atoms with Crippen LogP contribution in [0, 0.1) is 0 Å². The number of hydrogen-bond acceptors (Lipinski definition) is 8. The average Bonchev–Trinajstić information content (AvgIpc) is 3.08. The number of hydrogen-bond donors (Lipinski definition) is 1. The molecule has 1 atom stereocenters. The smallest absolute Gasteiger partial charge is 0.337 e. The van der Waals surface area contributed by atoms with Crippen LogP contribution in [0.15, 0.2) is 97.1 Å². The van der Waals surface area contributed by atoms with Crippen molar-refractivity contribution in [2.45, 2.75) is 25.7 Å². The molecule has 0 aliphatic heterocycles. The van der Waals surface area contributed by atoms with E-state index >= 15 is 0 Å². The van der Waals surface area contributed by atoms with E-state index in [1.807, 2.05) is 61.5 Å². The van der Waals surface area contributed by atoms with E-state index in [0.29, 0.717) is 24.7 Å². The second kappa shape index (κ2) is 16.5. The third kappa shape index (κ3) is 9.59. The van der Waals surface area contributed by atoms with Crippen LogP contribution in [0.1, 0.15) is 62.3 Å². The molecule has 0 heterocycles. The van der Waals surface area contributed by atoms with Crippen LogP contribution in [-0.4, -0.2) is 51.9 Å². The van der Waals surface area contributed by atoms with Gasteiger partial charge < -0.3 is 29.0 Å². The molecule has 0 saturated heterocycles. The van der Waals surface area contributed by atoms with Gasteiger partial charge in [-0.2, -0.15) is 0 Å². The number of rotatable bonds is 15. The van der Waals surface area contributed by atoms with Gasteiger partial charge in [-0.3, -0.25) is 4.79 Å². The fourth-order valence-corrected chi connectivity index (χ4v) is 4.44. The molecule has 0 aliphatic rings. The number of anilines is 1. The van der Waals surface area contributed by atoms with Crippen LogP contribution in [0.2, 0.25) is 0 Å². The topological polar surface area (TPSA) is 109 Å². The lowest BCUT2D eigenvalue weighted by Gasteiger charge is -2.17. The fraction of sp³-hybridized carbons (Fsp3) is 0.250. The molecule has 4 aromatic carbocycles. The number of esters is 2. The van der Waals surface area contributed by atoms with Crippen molar-refractivity contribution >= 4 is 23.5 Å². The molecule has 45 heavy (non-hydrogen) atoms. The van der Waals surface area contributed by atoms with Crippen molar-refractivity contribution in [1.29, 1.82) is 0 Å². The molecule has 234 valence electrons. The molecule has 1 unspecified atom stereocenters. The molecule has 0 radical (unpaired) electrons. The van der Waals surface area contributed by atoms with Crippen LogP contribution >= 0.6 is 0 Å². The molecule has 9 heteroatoms. The highest BCUT2D eigenvalue weighted by Gasteiger charge is 2.19. The highest BCUT2D eigenvalue weighted by Crippen LogP contribution is 2.26. The van der Waals surface area contributed by atoms with E-state index in [2.05, 4.69) is 5.32 Å². The molecular weight excluding hydrogens is 574 g/mol. The number of unbranched alkanes of at least 4 members (excludes halogenated alkanes) is 1. The molecule has 0 saturated carbocycles. The van der Waals surface area contributed by atoms with E-state index in [4.69, 9.17) is 23.7 Å². The zero-order valence-corrected chi connectivity index (χ0v) is 25.6. The summed E-state index contributed by atoms with van der Waals surface area (Å²) in [6, 6.07) is 28.5. The number of amides is 1. The van der Waals surface area contributed by atoms with Crippen molar-refractivity contribution in [3.8, 4) is 17.2 Å². The third-order valence-electron chi connectivity index (χ3n) is 6.92. The Labute approximate surface area is 263 Å². The Hall–Kier alpha value is -5.31. The second-order valence-corrected chi connectivity index (χ2v) is 10.2. The van der Waals surface area contributed by atoms with Crippen molar-refractivity contribution in [1.82, 2.24) is 0 Å². The first-order valence-corrected chi connectivity index (χ1v) is 14.6. The average molecular weight is 612 g/mol. The maximum atomic E-state index is 13.4. The molecular formula is C36H37NO8. The number of benzene rings is 4. The van der Waals surface area contributed by atoms with Gasteiger partial charge in [-0.05, 0) is 79.1 Å². The summed E-state index contributed by atoms with van der Waals surface area (Å²) < 4.78 is 27.4. The predicted molar refractivity (Wildman–Crippen MR) is 171 cm³/mol. The minimum Gasteiger partial charge on any atom is -0.494 e. The molecule has 9 nitrogen and oxygen atoms in total. The van der Waals surface area contributed by atoms with Crippen LogP contribution < -0.4 is 19.5 Å². The summed E-state index contributed by atoms with van der Waals surface area (Å²) in [4.78, 5) is 37.5.